The van der Waals surface area contributed by atoms with Crippen LogP contribution >= 0.6 is 47.8 Å². The molecule has 5 aliphatic rings. The Morgan fingerprint density at radius 3 is 2.38 bits per heavy atom. The Morgan fingerprint density at radius 2 is 1.72 bits per heavy atom. The Morgan fingerprint density at radius 1 is 1.00 bits per heavy atom. The van der Waals surface area contributed by atoms with Gasteiger partial charge in [0, 0.05) is 5.92 Å². The Balaban J connectivity index is 1.33. The van der Waals surface area contributed by atoms with Crippen molar-refractivity contribution < 1.29 is 5.11 Å². The summed E-state index contributed by atoms with van der Waals surface area (Å²) in [6.07, 6.45) is 13.9. The van der Waals surface area contributed by atoms with Crippen LogP contribution in [0.4, 0.5) is 0 Å². The molecule has 0 unspecified atom stereocenters. The minimum absolute atomic E-state index is 0.0523. The third-order valence-electron chi connectivity index (χ3n) is 11.7. The van der Waals surface area contributed by atoms with E-state index in [0.29, 0.717) is 22.7 Å². The lowest BCUT2D eigenvalue weighted by Crippen LogP contribution is -2.50. The first-order valence-corrected chi connectivity index (χ1v) is 15.7. The molecule has 0 aromatic carbocycles. The Bertz CT molecular complexity index is 792. The molecule has 0 aromatic rings. The van der Waals surface area contributed by atoms with Crippen molar-refractivity contribution in [3.05, 3.63) is 11.6 Å². The van der Waals surface area contributed by atoms with E-state index in [1.807, 2.05) is 0 Å². The van der Waals surface area contributed by atoms with Crippen LogP contribution in [-0.2, 0) is 0 Å². The molecule has 0 aromatic heterocycles. The summed E-state index contributed by atoms with van der Waals surface area (Å²) in [4.78, 5) is 0. The van der Waals surface area contributed by atoms with E-state index in [1.165, 1.54) is 44.9 Å². The molecule has 0 amide bonds. The fraction of sp³-hybridized carbons (Fsp3) is 0.929. The van der Waals surface area contributed by atoms with Gasteiger partial charge >= 0.3 is 0 Å². The molecule has 0 radical (unpaired) electrons. The Labute approximate surface area is 221 Å². The minimum Gasteiger partial charge on any atom is -0.393 e. The van der Waals surface area contributed by atoms with E-state index in [9.17, 15) is 5.11 Å². The zero-order valence-corrected chi connectivity index (χ0v) is 25.4. The van der Waals surface area contributed by atoms with Crippen molar-refractivity contribution in [2.75, 3.05) is 0 Å². The van der Waals surface area contributed by atoms with Crippen LogP contribution in [0.5, 0.6) is 0 Å². The summed E-state index contributed by atoms with van der Waals surface area (Å²) < 4.78 is 0.228. The number of alkyl halides is 3. The molecular formula is C28H43Br3O. The van der Waals surface area contributed by atoms with Gasteiger partial charge in [0.15, 0.2) is 0 Å². The molecule has 10 atom stereocenters. The van der Waals surface area contributed by atoms with Crippen LogP contribution < -0.4 is 0 Å². The van der Waals surface area contributed by atoms with Gasteiger partial charge in [0.05, 0.1) is 10.4 Å². The Hall–Kier alpha value is 1.14. The summed E-state index contributed by atoms with van der Waals surface area (Å²) in [7, 11) is 0. The molecule has 1 N–H and O–H groups in total. The fourth-order valence-electron chi connectivity index (χ4n) is 9.72. The summed E-state index contributed by atoms with van der Waals surface area (Å²) in [6.45, 7) is 12.5. The average molecular weight is 635 g/mol. The van der Waals surface area contributed by atoms with Gasteiger partial charge in [-0.25, -0.2) is 0 Å². The van der Waals surface area contributed by atoms with Crippen molar-refractivity contribution in [1.82, 2.24) is 0 Å². The smallest absolute Gasteiger partial charge is 0.101 e. The first kappa shape index (κ1) is 24.8. The van der Waals surface area contributed by atoms with Gasteiger partial charge in [0.1, 0.15) is 3.23 Å². The highest BCUT2D eigenvalue weighted by atomic mass is 79.9. The van der Waals surface area contributed by atoms with Gasteiger partial charge in [-0.3, -0.25) is 0 Å². The second kappa shape index (κ2) is 8.07. The van der Waals surface area contributed by atoms with Gasteiger partial charge in [-0.2, -0.15) is 0 Å². The fourth-order valence-corrected chi connectivity index (χ4v) is 13.4. The predicted octanol–water partition coefficient (Wildman–Crippen LogP) is 8.86. The number of hydrogen-bond acceptors (Lipinski definition) is 1. The van der Waals surface area contributed by atoms with Crippen molar-refractivity contribution in [1.29, 1.82) is 0 Å². The maximum atomic E-state index is 10.3. The second-order valence-corrected chi connectivity index (χ2v) is 18.1. The van der Waals surface area contributed by atoms with Gasteiger partial charge in [-0.15, -0.1) is 0 Å². The number of rotatable bonds is 4. The summed E-state index contributed by atoms with van der Waals surface area (Å²) in [5.41, 5.74) is 2.48. The van der Waals surface area contributed by atoms with Crippen LogP contribution in [0.2, 0.25) is 0 Å². The highest BCUT2D eigenvalue weighted by molar-refractivity contribution is 9.26. The molecule has 182 valence electrons. The molecule has 5 aliphatic carbocycles. The molecule has 5 rings (SSSR count). The molecule has 0 saturated heterocycles. The maximum Gasteiger partial charge on any atom is 0.101 e. The third-order valence-corrected chi connectivity index (χ3v) is 17.2. The summed E-state index contributed by atoms with van der Waals surface area (Å²) in [6, 6.07) is 0. The van der Waals surface area contributed by atoms with E-state index in [1.54, 1.807) is 5.57 Å². The number of fused-ring (bicyclic) bond motifs is 5. The lowest BCUT2D eigenvalue weighted by Gasteiger charge is -2.58. The van der Waals surface area contributed by atoms with Gasteiger partial charge in [-0.1, -0.05) is 94.1 Å². The summed E-state index contributed by atoms with van der Waals surface area (Å²) >= 11 is 12.2. The van der Waals surface area contributed by atoms with E-state index >= 15 is 0 Å². The SMILES string of the molecule is CC(C)[C@]1(Br)[C@H](C[C@@H](C)[C@H]2CC[C@H]3[C@@H]4CC=C5C[C@@H](O)CC[C@]5(C)[C@H]4CC[C@]23C)C1(Br)Br. The van der Waals surface area contributed by atoms with Gasteiger partial charge in [0.25, 0.3) is 0 Å². The predicted molar refractivity (Wildman–Crippen MR) is 146 cm³/mol. The summed E-state index contributed by atoms with van der Waals surface area (Å²) in [5, 5.41) is 10.3. The van der Waals surface area contributed by atoms with Crippen molar-refractivity contribution in [3.8, 4) is 0 Å². The van der Waals surface area contributed by atoms with Crippen molar-refractivity contribution in [3.63, 3.8) is 0 Å². The molecule has 0 spiro atoms. The molecule has 0 aliphatic heterocycles. The van der Waals surface area contributed by atoms with Gasteiger partial charge in [-0.05, 0) is 104 Å². The molecule has 32 heavy (non-hydrogen) atoms. The zero-order valence-electron chi connectivity index (χ0n) is 20.6. The molecule has 0 heterocycles. The lowest BCUT2D eigenvalue weighted by molar-refractivity contribution is -0.0575. The number of hydrogen-bond donors (Lipinski definition) is 1. The van der Waals surface area contributed by atoms with E-state index in [-0.39, 0.29) is 13.7 Å². The second-order valence-electron chi connectivity index (χ2n) is 13.2. The molecule has 0 bridgehead atoms. The highest BCUT2D eigenvalue weighted by Crippen LogP contribution is 2.75. The van der Waals surface area contributed by atoms with Crippen molar-refractivity contribution in [2.45, 2.75) is 106 Å². The normalized spacial score (nSPS) is 52.6. The first-order valence-electron chi connectivity index (χ1n) is 13.3. The van der Waals surface area contributed by atoms with Crippen LogP contribution in [-0.4, -0.2) is 18.8 Å². The average Bonchev–Trinajstić information content (AvgIpc) is 2.99. The van der Waals surface area contributed by atoms with E-state index in [2.05, 4.69) is 88.5 Å². The van der Waals surface area contributed by atoms with Crippen LogP contribution in [0.15, 0.2) is 11.6 Å². The maximum absolute atomic E-state index is 10.3. The van der Waals surface area contributed by atoms with E-state index in [0.717, 1.165) is 42.4 Å². The van der Waals surface area contributed by atoms with Crippen LogP contribution in [0.1, 0.15) is 92.4 Å². The minimum atomic E-state index is -0.0951. The molecule has 4 heteroatoms. The molecule has 4 fully saturated rings. The Kier molecular flexibility index (Phi) is 6.26. The van der Waals surface area contributed by atoms with Crippen LogP contribution in [0, 0.1) is 52.3 Å². The standard InChI is InChI=1S/C28H43Br3O/c1-16(2)27(29)24(28(27,30)31)14-17(3)21-8-9-22-20-7-6-18-15-19(32)10-12-25(18,4)23(20)11-13-26(21,22)5/h6,16-17,19-24,32H,7-15H2,1-5H3/t17-,19+,20+,21-,22+,23+,24+,25+,26-,27+/m1/s1. The quantitative estimate of drug-likeness (QED) is 0.242. The number of halogens is 3. The third kappa shape index (κ3) is 3.33. The number of aliphatic hydroxyl groups excluding tert-OH is 1. The molecular weight excluding hydrogens is 592 g/mol. The van der Waals surface area contributed by atoms with Gasteiger partial charge < -0.3 is 5.11 Å². The summed E-state index contributed by atoms with van der Waals surface area (Å²) in [5.74, 6) is 5.50. The highest BCUT2D eigenvalue weighted by Gasteiger charge is 2.74. The number of allylic oxidation sites excluding steroid dienone is 1. The lowest BCUT2D eigenvalue weighted by atomic mass is 9.47. The number of aliphatic hydroxyl groups is 1. The molecule has 4 saturated carbocycles. The molecule has 1 nitrogen and oxygen atoms in total. The van der Waals surface area contributed by atoms with Crippen molar-refractivity contribution in [2.24, 2.45) is 52.3 Å². The van der Waals surface area contributed by atoms with Crippen molar-refractivity contribution >= 4 is 47.8 Å². The van der Waals surface area contributed by atoms with E-state index in [4.69, 9.17) is 0 Å². The monoisotopic (exact) mass is 632 g/mol. The zero-order chi connectivity index (χ0) is 23.3. The topological polar surface area (TPSA) is 20.2 Å². The largest absolute Gasteiger partial charge is 0.393 e. The van der Waals surface area contributed by atoms with Gasteiger partial charge in [0.2, 0.25) is 0 Å². The van der Waals surface area contributed by atoms with E-state index < -0.39 is 0 Å². The first-order chi connectivity index (χ1) is 14.9. The van der Waals surface area contributed by atoms with Crippen LogP contribution in [0.25, 0.3) is 0 Å². The van der Waals surface area contributed by atoms with Crippen LogP contribution in [0.3, 0.4) is 0 Å².